The van der Waals surface area contributed by atoms with E-state index in [0.29, 0.717) is 11.8 Å². The van der Waals surface area contributed by atoms with Gasteiger partial charge in [0.1, 0.15) is 5.60 Å². The van der Waals surface area contributed by atoms with Gasteiger partial charge in [-0.1, -0.05) is 58.4 Å². The maximum Gasteiger partial charge on any atom is 0.306 e. The number of fused-ring (bicyclic) bond motifs is 1. The number of esters is 1. The average Bonchev–Trinajstić information content (AvgIpc) is 2.81. The molecule has 0 bridgehead atoms. The molecule has 1 saturated heterocycles. The molecule has 0 N–H and O–H groups in total. The molecule has 0 unspecified atom stereocenters. The molecule has 1 fully saturated rings. The highest BCUT2D eigenvalue weighted by molar-refractivity contribution is 9.09. The minimum atomic E-state index is -0.502. The molecule has 92 valence electrons. The van der Waals surface area contributed by atoms with E-state index in [9.17, 15) is 4.79 Å². The van der Waals surface area contributed by atoms with Gasteiger partial charge in [0.25, 0.3) is 0 Å². The summed E-state index contributed by atoms with van der Waals surface area (Å²) < 4.78 is 5.61. The highest BCUT2D eigenvalue weighted by atomic mass is 79.9. The highest BCUT2D eigenvalue weighted by Crippen LogP contribution is 2.41. The molecule has 1 aliphatic heterocycles. The average molecular weight is 305 g/mol. The van der Waals surface area contributed by atoms with Crippen LogP contribution in [0.3, 0.4) is 0 Å². The number of hydrogen-bond donors (Lipinski definition) is 0. The molecule has 1 heterocycles. The van der Waals surface area contributed by atoms with Crippen molar-refractivity contribution in [2.75, 3.05) is 5.33 Å². The van der Waals surface area contributed by atoms with Crippen LogP contribution in [0.5, 0.6) is 0 Å². The zero-order valence-corrected chi connectivity index (χ0v) is 11.4. The van der Waals surface area contributed by atoms with E-state index in [1.54, 1.807) is 0 Å². The van der Waals surface area contributed by atoms with Crippen molar-refractivity contribution in [3.05, 3.63) is 48.0 Å². The molecular weight excluding hydrogens is 292 g/mol. The van der Waals surface area contributed by atoms with Crippen LogP contribution in [0.2, 0.25) is 0 Å². The summed E-state index contributed by atoms with van der Waals surface area (Å²) in [5.41, 5.74) is 0.598. The monoisotopic (exact) mass is 304 g/mol. The van der Waals surface area contributed by atoms with Crippen molar-refractivity contribution >= 4 is 32.7 Å². The fraction of sp³-hybridized carbons (Fsp3) is 0.267. The van der Waals surface area contributed by atoms with Crippen LogP contribution in [-0.4, -0.2) is 11.3 Å². The van der Waals surface area contributed by atoms with Crippen LogP contribution < -0.4 is 0 Å². The van der Waals surface area contributed by atoms with E-state index in [2.05, 4.69) is 40.2 Å². The molecular formula is C15H13BrO2. The Labute approximate surface area is 114 Å². The van der Waals surface area contributed by atoms with Crippen LogP contribution in [0.15, 0.2) is 42.5 Å². The Balaban J connectivity index is 2.22. The zero-order valence-electron chi connectivity index (χ0n) is 9.86. The SMILES string of the molecule is O=C1CC[C@](CBr)(c2cccc3ccccc23)O1. The third-order valence-electron chi connectivity index (χ3n) is 3.54. The minimum Gasteiger partial charge on any atom is -0.453 e. The lowest BCUT2D eigenvalue weighted by atomic mass is 9.89. The first-order valence-electron chi connectivity index (χ1n) is 6.01. The molecule has 3 heteroatoms. The Morgan fingerprint density at radius 2 is 1.94 bits per heavy atom. The summed E-state index contributed by atoms with van der Waals surface area (Å²) in [6.45, 7) is 0. The first-order chi connectivity index (χ1) is 8.75. The van der Waals surface area contributed by atoms with E-state index < -0.39 is 5.60 Å². The first-order valence-corrected chi connectivity index (χ1v) is 7.13. The Bertz CT molecular complexity index is 603. The van der Waals surface area contributed by atoms with Crippen LogP contribution in [-0.2, 0) is 15.1 Å². The lowest BCUT2D eigenvalue weighted by Gasteiger charge is -2.27. The second-order valence-electron chi connectivity index (χ2n) is 4.63. The van der Waals surface area contributed by atoms with E-state index >= 15 is 0 Å². The van der Waals surface area contributed by atoms with Crippen LogP contribution in [0.25, 0.3) is 10.8 Å². The molecule has 2 aromatic rings. The van der Waals surface area contributed by atoms with Crippen LogP contribution in [0.4, 0.5) is 0 Å². The van der Waals surface area contributed by atoms with E-state index in [1.165, 1.54) is 5.39 Å². The number of benzene rings is 2. The summed E-state index contributed by atoms with van der Waals surface area (Å²) in [4.78, 5) is 11.5. The lowest BCUT2D eigenvalue weighted by Crippen LogP contribution is -2.27. The number of cyclic esters (lactones) is 1. The summed E-state index contributed by atoms with van der Waals surface area (Å²) in [6, 6.07) is 14.4. The molecule has 3 rings (SSSR count). The van der Waals surface area contributed by atoms with Crippen LogP contribution in [0, 0.1) is 0 Å². The predicted octanol–water partition coefficient (Wildman–Crippen LogP) is 3.77. The van der Waals surface area contributed by atoms with Crippen molar-refractivity contribution in [1.82, 2.24) is 0 Å². The van der Waals surface area contributed by atoms with Gasteiger partial charge in [0.2, 0.25) is 0 Å². The molecule has 1 atom stereocenters. The van der Waals surface area contributed by atoms with Crippen molar-refractivity contribution in [3.63, 3.8) is 0 Å². The molecule has 1 aliphatic rings. The van der Waals surface area contributed by atoms with Gasteiger partial charge in [-0.2, -0.15) is 0 Å². The fourth-order valence-electron chi connectivity index (χ4n) is 2.60. The largest absolute Gasteiger partial charge is 0.453 e. The van der Waals surface area contributed by atoms with Gasteiger partial charge in [0, 0.05) is 23.7 Å². The Morgan fingerprint density at radius 1 is 1.17 bits per heavy atom. The molecule has 18 heavy (non-hydrogen) atoms. The molecule has 2 aromatic carbocycles. The molecule has 0 saturated carbocycles. The number of carbonyl (C=O) groups excluding carboxylic acids is 1. The summed E-state index contributed by atoms with van der Waals surface area (Å²) in [6.07, 6.45) is 1.24. The van der Waals surface area contributed by atoms with Gasteiger partial charge in [-0.3, -0.25) is 4.79 Å². The van der Waals surface area contributed by atoms with Gasteiger partial charge < -0.3 is 4.74 Å². The second-order valence-corrected chi connectivity index (χ2v) is 5.19. The lowest BCUT2D eigenvalue weighted by molar-refractivity contribution is -0.147. The summed E-state index contributed by atoms with van der Waals surface area (Å²) in [5, 5.41) is 2.98. The van der Waals surface area contributed by atoms with Gasteiger partial charge in [-0.25, -0.2) is 0 Å². The van der Waals surface area contributed by atoms with Crippen LogP contribution in [0.1, 0.15) is 18.4 Å². The second kappa shape index (κ2) is 4.39. The van der Waals surface area contributed by atoms with E-state index in [4.69, 9.17) is 4.74 Å². The summed E-state index contributed by atoms with van der Waals surface area (Å²) >= 11 is 3.51. The number of hydrogen-bond acceptors (Lipinski definition) is 2. The highest BCUT2D eigenvalue weighted by Gasteiger charge is 2.41. The first kappa shape index (κ1) is 11.7. The zero-order chi connectivity index (χ0) is 12.6. The van der Waals surface area contributed by atoms with Gasteiger partial charge in [0.15, 0.2) is 0 Å². The van der Waals surface area contributed by atoms with Crippen molar-refractivity contribution < 1.29 is 9.53 Å². The smallest absolute Gasteiger partial charge is 0.306 e. The summed E-state index contributed by atoms with van der Waals surface area (Å²) in [5.74, 6) is -0.109. The molecule has 2 nitrogen and oxygen atoms in total. The summed E-state index contributed by atoms with van der Waals surface area (Å²) in [7, 11) is 0. The van der Waals surface area contributed by atoms with Gasteiger partial charge in [0.05, 0.1) is 0 Å². The van der Waals surface area contributed by atoms with Crippen LogP contribution >= 0.6 is 15.9 Å². The Kier molecular flexibility index (Phi) is 2.86. The van der Waals surface area contributed by atoms with Gasteiger partial charge in [-0.15, -0.1) is 0 Å². The van der Waals surface area contributed by atoms with Crippen molar-refractivity contribution in [1.29, 1.82) is 0 Å². The number of carbonyl (C=O) groups is 1. The molecule has 0 spiro atoms. The number of alkyl halides is 1. The quantitative estimate of drug-likeness (QED) is 0.623. The standard InChI is InChI=1S/C15H13BrO2/c16-10-15(9-8-14(17)18-15)13-7-3-5-11-4-1-2-6-12(11)13/h1-7H,8-10H2/t15-/m0/s1. The third kappa shape index (κ3) is 1.74. The van der Waals surface area contributed by atoms with E-state index in [1.807, 2.05) is 18.2 Å². The number of rotatable bonds is 2. The topological polar surface area (TPSA) is 26.3 Å². The molecule has 0 amide bonds. The van der Waals surface area contributed by atoms with E-state index in [-0.39, 0.29) is 5.97 Å². The van der Waals surface area contributed by atoms with Crippen molar-refractivity contribution in [3.8, 4) is 0 Å². The third-order valence-corrected chi connectivity index (χ3v) is 4.44. The molecule has 0 aliphatic carbocycles. The minimum absolute atomic E-state index is 0.109. The molecule has 0 radical (unpaired) electrons. The Morgan fingerprint density at radius 3 is 2.67 bits per heavy atom. The maximum atomic E-state index is 11.5. The van der Waals surface area contributed by atoms with Crippen molar-refractivity contribution in [2.45, 2.75) is 18.4 Å². The van der Waals surface area contributed by atoms with E-state index in [0.717, 1.165) is 17.4 Å². The van der Waals surface area contributed by atoms with Gasteiger partial charge >= 0.3 is 5.97 Å². The van der Waals surface area contributed by atoms with Crippen molar-refractivity contribution in [2.24, 2.45) is 0 Å². The fourth-order valence-corrected chi connectivity index (χ4v) is 3.30. The normalized spacial score (nSPS) is 23.3. The number of halogens is 1. The number of ether oxygens (including phenoxy) is 1. The van der Waals surface area contributed by atoms with Gasteiger partial charge in [-0.05, 0) is 10.8 Å². The Hall–Kier alpha value is -1.35. The maximum absolute atomic E-state index is 11.5. The predicted molar refractivity (Wildman–Crippen MR) is 74.7 cm³/mol. The molecule has 0 aromatic heterocycles.